The third-order valence-electron chi connectivity index (χ3n) is 3.77. The van der Waals surface area contributed by atoms with E-state index >= 15 is 0 Å². The van der Waals surface area contributed by atoms with Crippen LogP contribution in [0.3, 0.4) is 0 Å². The van der Waals surface area contributed by atoms with Gasteiger partial charge in [-0.2, -0.15) is 15.0 Å². The Hall–Kier alpha value is -1.59. The summed E-state index contributed by atoms with van der Waals surface area (Å²) in [4.78, 5) is 15.7. The molecule has 1 aliphatic rings. The molecule has 0 amide bonds. The van der Waals surface area contributed by atoms with E-state index in [-0.39, 0.29) is 0 Å². The van der Waals surface area contributed by atoms with Crippen molar-refractivity contribution >= 4 is 11.9 Å². The Morgan fingerprint density at radius 3 is 2.52 bits per heavy atom. The van der Waals surface area contributed by atoms with Crippen LogP contribution in [0.4, 0.5) is 11.9 Å². The lowest BCUT2D eigenvalue weighted by Gasteiger charge is -2.27. The molecular formula is C15H27N5O. The molecule has 0 unspecified atom stereocenters. The van der Waals surface area contributed by atoms with Crippen molar-refractivity contribution < 1.29 is 4.74 Å². The predicted octanol–water partition coefficient (Wildman–Crippen LogP) is 2.86. The van der Waals surface area contributed by atoms with Crippen molar-refractivity contribution in [3.8, 4) is 6.01 Å². The van der Waals surface area contributed by atoms with Gasteiger partial charge in [0.05, 0.1) is 6.61 Å². The maximum atomic E-state index is 5.50. The zero-order chi connectivity index (χ0) is 15.1. The molecule has 1 N–H and O–H groups in total. The van der Waals surface area contributed by atoms with Crippen LogP contribution < -0.4 is 15.0 Å². The number of ether oxygens (including phenoxy) is 1. The highest BCUT2D eigenvalue weighted by Gasteiger charge is 2.24. The zero-order valence-corrected chi connectivity index (χ0v) is 13.4. The van der Waals surface area contributed by atoms with Crippen LogP contribution in [0, 0.1) is 0 Å². The first kappa shape index (κ1) is 15.8. The molecular weight excluding hydrogens is 266 g/mol. The minimum absolute atomic E-state index is 0.414. The van der Waals surface area contributed by atoms with Gasteiger partial charge in [0.2, 0.25) is 11.9 Å². The van der Waals surface area contributed by atoms with E-state index in [1.54, 1.807) is 0 Å². The molecule has 0 bridgehead atoms. The van der Waals surface area contributed by atoms with E-state index in [1.807, 2.05) is 6.92 Å². The van der Waals surface area contributed by atoms with Crippen LogP contribution in [-0.2, 0) is 0 Å². The second-order valence-electron chi connectivity index (χ2n) is 5.33. The maximum absolute atomic E-state index is 5.50. The standard InChI is InChI=1S/C15H27N5O/c1-4-11-16-13-17-14(19-15(18-13)21-6-3)20(5-2)12-9-7-8-10-12/h12H,4-11H2,1-3H3,(H,16,17,18,19). The van der Waals surface area contributed by atoms with Crippen LogP contribution >= 0.6 is 0 Å². The first-order valence-electron chi connectivity index (χ1n) is 8.17. The first-order valence-corrected chi connectivity index (χ1v) is 8.17. The SMILES string of the molecule is CCCNc1nc(OCC)nc(N(CC)C2CCCC2)n1. The summed E-state index contributed by atoms with van der Waals surface area (Å²) in [6.45, 7) is 8.54. The van der Waals surface area contributed by atoms with Gasteiger partial charge < -0.3 is 15.0 Å². The number of aromatic nitrogens is 3. The molecule has 1 fully saturated rings. The van der Waals surface area contributed by atoms with Crippen LogP contribution in [-0.4, -0.2) is 40.7 Å². The molecule has 21 heavy (non-hydrogen) atoms. The molecule has 2 rings (SSSR count). The summed E-state index contributed by atoms with van der Waals surface area (Å²) in [6.07, 6.45) is 6.07. The summed E-state index contributed by atoms with van der Waals surface area (Å²) in [5, 5.41) is 3.23. The summed E-state index contributed by atoms with van der Waals surface area (Å²) in [6, 6.07) is 0.962. The van der Waals surface area contributed by atoms with Gasteiger partial charge in [-0.1, -0.05) is 19.8 Å². The Labute approximate surface area is 127 Å². The van der Waals surface area contributed by atoms with Crippen molar-refractivity contribution in [2.24, 2.45) is 0 Å². The molecule has 1 aromatic rings. The van der Waals surface area contributed by atoms with Crippen molar-refractivity contribution in [1.29, 1.82) is 0 Å². The normalized spacial score (nSPS) is 15.2. The monoisotopic (exact) mass is 293 g/mol. The number of rotatable bonds is 8. The molecule has 0 aliphatic heterocycles. The highest BCUT2D eigenvalue weighted by Crippen LogP contribution is 2.27. The van der Waals surface area contributed by atoms with Gasteiger partial charge in [0.1, 0.15) is 0 Å². The van der Waals surface area contributed by atoms with E-state index in [2.05, 4.69) is 39.0 Å². The summed E-state index contributed by atoms with van der Waals surface area (Å²) >= 11 is 0. The molecule has 1 heterocycles. The average Bonchev–Trinajstić information content (AvgIpc) is 3.00. The number of hydrogen-bond acceptors (Lipinski definition) is 6. The van der Waals surface area contributed by atoms with Crippen molar-refractivity contribution in [1.82, 2.24) is 15.0 Å². The van der Waals surface area contributed by atoms with E-state index < -0.39 is 0 Å². The molecule has 0 aromatic carbocycles. The fourth-order valence-corrected chi connectivity index (χ4v) is 2.76. The third-order valence-corrected chi connectivity index (χ3v) is 3.77. The van der Waals surface area contributed by atoms with E-state index in [1.165, 1.54) is 25.7 Å². The molecule has 6 nitrogen and oxygen atoms in total. The molecule has 0 saturated heterocycles. The topological polar surface area (TPSA) is 63.2 Å². The summed E-state index contributed by atoms with van der Waals surface area (Å²) < 4.78 is 5.50. The van der Waals surface area contributed by atoms with Gasteiger partial charge in [-0.15, -0.1) is 0 Å². The van der Waals surface area contributed by atoms with E-state index in [9.17, 15) is 0 Å². The summed E-state index contributed by atoms with van der Waals surface area (Å²) in [5.74, 6) is 1.35. The van der Waals surface area contributed by atoms with Crippen LogP contribution in [0.2, 0.25) is 0 Å². The third kappa shape index (κ3) is 4.19. The molecule has 0 atom stereocenters. The molecule has 1 aromatic heterocycles. The lowest BCUT2D eigenvalue weighted by molar-refractivity contribution is 0.311. The van der Waals surface area contributed by atoms with Crippen LogP contribution in [0.15, 0.2) is 0 Å². The number of hydrogen-bond donors (Lipinski definition) is 1. The molecule has 0 spiro atoms. The van der Waals surface area contributed by atoms with Gasteiger partial charge in [0, 0.05) is 19.1 Å². The number of anilines is 2. The number of nitrogens with zero attached hydrogens (tertiary/aromatic N) is 4. The first-order chi connectivity index (χ1) is 10.3. The van der Waals surface area contributed by atoms with Crippen LogP contribution in [0.25, 0.3) is 0 Å². The van der Waals surface area contributed by atoms with Gasteiger partial charge >= 0.3 is 6.01 Å². The maximum Gasteiger partial charge on any atom is 0.323 e. The predicted molar refractivity (Wildman–Crippen MR) is 85.1 cm³/mol. The van der Waals surface area contributed by atoms with Gasteiger partial charge in [0.15, 0.2) is 0 Å². The highest BCUT2D eigenvalue weighted by molar-refractivity contribution is 5.39. The van der Waals surface area contributed by atoms with E-state index in [0.29, 0.717) is 24.6 Å². The van der Waals surface area contributed by atoms with E-state index in [4.69, 9.17) is 4.74 Å². The fourth-order valence-electron chi connectivity index (χ4n) is 2.76. The van der Waals surface area contributed by atoms with Crippen molar-refractivity contribution in [3.05, 3.63) is 0 Å². The number of nitrogens with one attached hydrogen (secondary N) is 1. The fraction of sp³-hybridized carbons (Fsp3) is 0.800. The Morgan fingerprint density at radius 2 is 1.90 bits per heavy atom. The minimum atomic E-state index is 0.414. The molecule has 0 radical (unpaired) electrons. The summed E-state index contributed by atoms with van der Waals surface area (Å²) in [7, 11) is 0. The average molecular weight is 293 g/mol. The highest BCUT2D eigenvalue weighted by atomic mass is 16.5. The van der Waals surface area contributed by atoms with Gasteiger partial charge in [-0.3, -0.25) is 0 Å². The lowest BCUT2D eigenvalue weighted by Crippen LogP contribution is -2.34. The summed E-state index contributed by atoms with van der Waals surface area (Å²) in [5.41, 5.74) is 0. The molecule has 118 valence electrons. The minimum Gasteiger partial charge on any atom is -0.464 e. The lowest BCUT2D eigenvalue weighted by atomic mass is 10.2. The van der Waals surface area contributed by atoms with Crippen molar-refractivity contribution in [3.63, 3.8) is 0 Å². The molecule has 1 aliphatic carbocycles. The van der Waals surface area contributed by atoms with Crippen molar-refractivity contribution in [2.75, 3.05) is 29.9 Å². The van der Waals surface area contributed by atoms with Crippen molar-refractivity contribution in [2.45, 2.75) is 58.9 Å². The van der Waals surface area contributed by atoms with Gasteiger partial charge in [-0.25, -0.2) is 0 Å². The molecule has 6 heteroatoms. The molecule has 1 saturated carbocycles. The van der Waals surface area contributed by atoms with Gasteiger partial charge in [0.25, 0.3) is 0 Å². The van der Waals surface area contributed by atoms with Crippen LogP contribution in [0.5, 0.6) is 6.01 Å². The van der Waals surface area contributed by atoms with Gasteiger partial charge in [-0.05, 0) is 33.1 Å². The van der Waals surface area contributed by atoms with Crippen LogP contribution in [0.1, 0.15) is 52.9 Å². The Balaban J connectivity index is 2.23. The Kier molecular flexibility index (Phi) is 6.02. The van der Waals surface area contributed by atoms with E-state index in [0.717, 1.165) is 25.5 Å². The Bertz CT molecular complexity index is 434. The second kappa shape index (κ2) is 8.00. The zero-order valence-electron chi connectivity index (χ0n) is 13.4. The largest absolute Gasteiger partial charge is 0.464 e. The second-order valence-corrected chi connectivity index (χ2v) is 5.33. The quantitative estimate of drug-likeness (QED) is 0.795. The Morgan fingerprint density at radius 1 is 1.14 bits per heavy atom. The smallest absolute Gasteiger partial charge is 0.323 e.